The molecule has 4 nitrogen and oxygen atoms in total. The summed E-state index contributed by atoms with van der Waals surface area (Å²) in [7, 11) is -3.54. The minimum atomic E-state index is -3.54. The van der Waals surface area contributed by atoms with Gasteiger partial charge in [0.2, 0.25) is 0 Å². The van der Waals surface area contributed by atoms with E-state index in [4.69, 9.17) is 0 Å². The molecule has 0 bridgehead atoms. The zero-order chi connectivity index (χ0) is 14.9. The van der Waals surface area contributed by atoms with Crippen molar-refractivity contribution >= 4 is 21.4 Å². The molecule has 2 aromatic carbocycles. The maximum absolute atomic E-state index is 12.4. The van der Waals surface area contributed by atoms with Crippen LogP contribution >= 0.6 is 0 Å². The Morgan fingerprint density at radius 2 is 2.00 bits per heavy atom. The van der Waals surface area contributed by atoms with Crippen molar-refractivity contribution in [2.75, 3.05) is 16.6 Å². The lowest BCUT2D eigenvalue weighted by Crippen LogP contribution is -2.15. The Kier molecular flexibility index (Phi) is 3.59. The van der Waals surface area contributed by atoms with E-state index >= 15 is 0 Å². The van der Waals surface area contributed by atoms with Gasteiger partial charge in [0.25, 0.3) is 10.0 Å². The van der Waals surface area contributed by atoms with Crippen LogP contribution in [0.5, 0.6) is 0 Å². The molecule has 0 saturated heterocycles. The number of aryl methyl sites for hydroxylation is 2. The Bertz CT molecular complexity index is 770. The van der Waals surface area contributed by atoms with Gasteiger partial charge in [-0.3, -0.25) is 4.72 Å². The predicted octanol–water partition coefficient (Wildman–Crippen LogP) is 3.15. The molecule has 110 valence electrons. The van der Waals surface area contributed by atoms with Crippen molar-refractivity contribution in [3.8, 4) is 0 Å². The van der Waals surface area contributed by atoms with Crippen LogP contribution in [0.4, 0.5) is 11.4 Å². The van der Waals surface area contributed by atoms with Crippen molar-refractivity contribution in [2.45, 2.75) is 24.7 Å². The topological polar surface area (TPSA) is 58.2 Å². The van der Waals surface area contributed by atoms with Crippen LogP contribution in [0, 0.1) is 6.92 Å². The zero-order valence-corrected chi connectivity index (χ0v) is 12.7. The highest BCUT2D eigenvalue weighted by atomic mass is 32.2. The summed E-state index contributed by atoms with van der Waals surface area (Å²) in [6, 6.07) is 12.6. The maximum atomic E-state index is 12.4. The van der Waals surface area contributed by atoms with Gasteiger partial charge >= 0.3 is 0 Å². The van der Waals surface area contributed by atoms with Crippen LogP contribution in [0.25, 0.3) is 0 Å². The Morgan fingerprint density at radius 1 is 1.14 bits per heavy atom. The fourth-order valence-corrected chi connectivity index (χ4v) is 3.67. The van der Waals surface area contributed by atoms with Crippen LogP contribution in [0.2, 0.25) is 0 Å². The molecule has 0 spiro atoms. The predicted molar refractivity (Wildman–Crippen MR) is 85.2 cm³/mol. The Labute approximate surface area is 125 Å². The van der Waals surface area contributed by atoms with Crippen LogP contribution < -0.4 is 10.0 Å². The third kappa shape index (κ3) is 3.03. The Morgan fingerprint density at radius 3 is 2.81 bits per heavy atom. The molecule has 0 atom stereocenters. The van der Waals surface area contributed by atoms with E-state index in [0.29, 0.717) is 5.69 Å². The molecule has 3 rings (SSSR count). The first-order chi connectivity index (χ1) is 10.0. The van der Waals surface area contributed by atoms with E-state index in [0.717, 1.165) is 30.6 Å². The Hall–Kier alpha value is -2.01. The van der Waals surface area contributed by atoms with E-state index in [1.54, 1.807) is 18.2 Å². The minimum Gasteiger partial charge on any atom is -0.385 e. The lowest BCUT2D eigenvalue weighted by Gasteiger charge is -2.19. The van der Waals surface area contributed by atoms with Crippen molar-refractivity contribution in [1.82, 2.24) is 0 Å². The van der Waals surface area contributed by atoms with Crippen LogP contribution in [0.3, 0.4) is 0 Å². The monoisotopic (exact) mass is 302 g/mol. The van der Waals surface area contributed by atoms with Crippen molar-refractivity contribution in [3.05, 3.63) is 53.6 Å². The average molecular weight is 302 g/mol. The highest BCUT2D eigenvalue weighted by molar-refractivity contribution is 7.92. The van der Waals surface area contributed by atoms with Crippen molar-refractivity contribution < 1.29 is 8.42 Å². The first-order valence-corrected chi connectivity index (χ1v) is 8.49. The quantitative estimate of drug-likeness (QED) is 0.915. The fraction of sp³-hybridized carbons (Fsp3) is 0.250. The van der Waals surface area contributed by atoms with E-state index < -0.39 is 10.0 Å². The second-order valence-corrected chi connectivity index (χ2v) is 7.01. The number of benzene rings is 2. The van der Waals surface area contributed by atoms with Crippen LogP contribution in [0.1, 0.15) is 17.5 Å². The van der Waals surface area contributed by atoms with Gasteiger partial charge in [-0.2, -0.15) is 0 Å². The molecule has 1 heterocycles. The van der Waals surface area contributed by atoms with Crippen molar-refractivity contribution in [3.63, 3.8) is 0 Å². The van der Waals surface area contributed by atoms with Gasteiger partial charge < -0.3 is 5.32 Å². The van der Waals surface area contributed by atoms with Crippen molar-refractivity contribution in [2.24, 2.45) is 0 Å². The number of nitrogens with one attached hydrogen (secondary N) is 2. The summed E-state index contributed by atoms with van der Waals surface area (Å²) in [4.78, 5) is 0.285. The average Bonchev–Trinajstić information content (AvgIpc) is 2.47. The molecule has 0 unspecified atom stereocenters. The highest BCUT2D eigenvalue weighted by Crippen LogP contribution is 2.26. The standard InChI is InChI=1S/C16H18N2O2S/c1-12-4-2-6-15(10-12)21(19,20)18-14-8-7-13-5-3-9-17-16(13)11-14/h2,4,6-8,10-11,17-18H,3,5,9H2,1H3. The van der Waals surface area contributed by atoms with Gasteiger partial charge in [-0.25, -0.2) is 8.42 Å². The SMILES string of the molecule is Cc1cccc(S(=O)(=O)Nc2ccc3c(c2)NCCC3)c1. The first-order valence-electron chi connectivity index (χ1n) is 7.01. The lowest BCUT2D eigenvalue weighted by molar-refractivity contribution is 0.601. The third-order valence-electron chi connectivity index (χ3n) is 3.60. The largest absolute Gasteiger partial charge is 0.385 e. The van der Waals surface area contributed by atoms with Crippen LogP contribution in [-0.4, -0.2) is 15.0 Å². The molecular formula is C16H18N2O2S. The molecule has 0 radical (unpaired) electrons. The number of rotatable bonds is 3. The molecule has 0 aromatic heterocycles. The van der Waals surface area contributed by atoms with E-state index in [-0.39, 0.29) is 4.90 Å². The van der Waals surface area contributed by atoms with Gasteiger partial charge in [-0.15, -0.1) is 0 Å². The van der Waals surface area contributed by atoms with Gasteiger partial charge in [0.1, 0.15) is 0 Å². The summed E-state index contributed by atoms with van der Waals surface area (Å²) < 4.78 is 27.4. The highest BCUT2D eigenvalue weighted by Gasteiger charge is 2.15. The smallest absolute Gasteiger partial charge is 0.261 e. The molecule has 0 aliphatic carbocycles. The van der Waals surface area contributed by atoms with E-state index in [9.17, 15) is 8.42 Å². The summed E-state index contributed by atoms with van der Waals surface area (Å²) in [5.74, 6) is 0. The lowest BCUT2D eigenvalue weighted by atomic mass is 10.0. The molecule has 0 saturated carbocycles. The third-order valence-corrected chi connectivity index (χ3v) is 4.98. The summed E-state index contributed by atoms with van der Waals surface area (Å²) in [5, 5.41) is 3.30. The first kappa shape index (κ1) is 13.9. The summed E-state index contributed by atoms with van der Waals surface area (Å²) in [5.41, 5.74) is 3.76. The van der Waals surface area contributed by atoms with Gasteiger partial charge in [0.05, 0.1) is 10.6 Å². The summed E-state index contributed by atoms with van der Waals surface area (Å²) in [6.45, 7) is 2.81. The molecule has 1 aliphatic heterocycles. The number of hydrogen-bond donors (Lipinski definition) is 2. The molecular weight excluding hydrogens is 284 g/mol. The molecule has 1 aliphatic rings. The second kappa shape index (κ2) is 5.41. The minimum absolute atomic E-state index is 0.285. The molecule has 2 aromatic rings. The normalized spacial score (nSPS) is 14.1. The second-order valence-electron chi connectivity index (χ2n) is 5.32. The van der Waals surface area contributed by atoms with E-state index in [1.807, 2.05) is 31.2 Å². The van der Waals surface area contributed by atoms with Gasteiger partial charge in [0.15, 0.2) is 0 Å². The number of fused-ring (bicyclic) bond motifs is 1. The summed E-state index contributed by atoms with van der Waals surface area (Å²) >= 11 is 0. The Balaban J connectivity index is 1.89. The van der Waals surface area contributed by atoms with Crippen molar-refractivity contribution in [1.29, 1.82) is 0 Å². The summed E-state index contributed by atoms with van der Waals surface area (Å²) in [6.07, 6.45) is 2.15. The van der Waals surface area contributed by atoms with Crippen LogP contribution in [-0.2, 0) is 16.4 Å². The maximum Gasteiger partial charge on any atom is 0.261 e. The van der Waals surface area contributed by atoms with E-state index in [1.165, 1.54) is 5.56 Å². The molecule has 0 fully saturated rings. The number of hydrogen-bond acceptors (Lipinski definition) is 3. The van der Waals surface area contributed by atoms with E-state index in [2.05, 4.69) is 10.0 Å². The fourth-order valence-electron chi connectivity index (χ4n) is 2.52. The van der Waals surface area contributed by atoms with Gasteiger partial charge in [0, 0.05) is 12.2 Å². The molecule has 21 heavy (non-hydrogen) atoms. The number of sulfonamides is 1. The zero-order valence-electron chi connectivity index (χ0n) is 11.9. The molecule has 0 amide bonds. The van der Waals surface area contributed by atoms with Crippen LogP contribution in [0.15, 0.2) is 47.4 Å². The van der Waals surface area contributed by atoms with Gasteiger partial charge in [-0.05, 0) is 55.2 Å². The van der Waals surface area contributed by atoms with Gasteiger partial charge in [-0.1, -0.05) is 18.2 Å². The molecule has 5 heteroatoms. The molecule has 2 N–H and O–H groups in total. The number of anilines is 2.